The molecule has 0 bridgehead atoms. The van der Waals surface area contributed by atoms with Gasteiger partial charge in [-0.3, -0.25) is 0 Å². The van der Waals surface area contributed by atoms with Crippen molar-refractivity contribution >= 4 is 0 Å². The van der Waals surface area contributed by atoms with Crippen molar-refractivity contribution < 1.29 is 19.3 Å². The first-order valence-corrected chi connectivity index (χ1v) is 8.81. The van der Waals surface area contributed by atoms with Gasteiger partial charge in [-0.25, -0.2) is 0 Å². The van der Waals surface area contributed by atoms with Crippen molar-refractivity contribution in [2.45, 2.75) is 37.2 Å². The minimum Gasteiger partial charge on any atom is -0.488 e. The van der Waals surface area contributed by atoms with E-state index >= 15 is 0 Å². The molecule has 5 heteroatoms. The van der Waals surface area contributed by atoms with Crippen molar-refractivity contribution in [3.05, 3.63) is 54.6 Å². The van der Waals surface area contributed by atoms with Crippen molar-refractivity contribution in [1.29, 1.82) is 0 Å². The summed E-state index contributed by atoms with van der Waals surface area (Å²) in [4.78, 5) is 0. The molecular weight excluding hydrogens is 318 g/mol. The van der Waals surface area contributed by atoms with Gasteiger partial charge < -0.3 is 24.6 Å². The van der Waals surface area contributed by atoms with Crippen LogP contribution in [0.15, 0.2) is 54.6 Å². The predicted molar refractivity (Wildman–Crippen MR) is 94.2 cm³/mol. The molecule has 4 rings (SSSR count). The number of hydrogen-bond acceptors (Lipinski definition) is 5. The maximum atomic E-state index is 10.5. The zero-order valence-corrected chi connectivity index (χ0v) is 14.0. The van der Waals surface area contributed by atoms with Gasteiger partial charge in [-0.2, -0.15) is 0 Å². The summed E-state index contributed by atoms with van der Waals surface area (Å²) in [5, 5.41) is 14.0. The zero-order valence-electron chi connectivity index (χ0n) is 14.0. The molecule has 1 fully saturated rings. The number of ether oxygens (including phenoxy) is 3. The largest absolute Gasteiger partial charge is 0.488 e. The molecule has 0 spiro atoms. The fourth-order valence-electron chi connectivity index (χ4n) is 3.42. The topological polar surface area (TPSA) is 60.0 Å². The van der Waals surface area contributed by atoms with Crippen LogP contribution < -0.4 is 19.5 Å². The third kappa shape index (κ3) is 3.72. The first kappa shape index (κ1) is 16.2. The molecule has 2 aromatic carbocycles. The van der Waals surface area contributed by atoms with E-state index in [1.54, 1.807) is 0 Å². The first-order chi connectivity index (χ1) is 12.3. The molecule has 0 amide bonds. The van der Waals surface area contributed by atoms with Crippen LogP contribution in [0.2, 0.25) is 0 Å². The van der Waals surface area contributed by atoms with Gasteiger partial charge in [0.2, 0.25) is 0 Å². The van der Waals surface area contributed by atoms with Crippen LogP contribution >= 0.6 is 0 Å². The van der Waals surface area contributed by atoms with E-state index in [1.165, 1.54) is 0 Å². The fraction of sp³-hybridized carbons (Fsp3) is 0.400. The molecule has 2 aromatic rings. The molecule has 1 aliphatic carbocycles. The highest BCUT2D eigenvalue weighted by Gasteiger charge is 2.36. The van der Waals surface area contributed by atoms with E-state index in [0.717, 1.165) is 30.1 Å². The smallest absolute Gasteiger partial charge is 0.161 e. The quantitative estimate of drug-likeness (QED) is 0.874. The summed E-state index contributed by atoms with van der Waals surface area (Å²) < 4.78 is 17.6. The van der Waals surface area contributed by atoms with E-state index < -0.39 is 6.10 Å². The number of nitrogens with one attached hydrogen (secondary N) is 1. The summed E-state index contributed by atoms with van der Waals surface area (Å²) in [6, 6.07) is 17.3. The lowest BCUT2D eigenvalue weighted by Gasteiger charge is -2.28. The van der Waals surface area contributed by atoms with E-state index in [0.29, 0.717) is 13.2 Å². The highest BCUT2D eigenvalue weighted by molar-refractivity contribution is 5.40. The minimum absolute atomic E-state index is 0.00878. The van der Waals surface area contributed by atoms with E-state index in [2.05, 4.69) is 5.32 Å². The lowest BCUT2D eigenvalue weighted by Crippen LogP contribution is -2.47. The number of aliphatic hydroxyl groups excluding tert-OH is 1. The molecule has 4 atom stereocenters. The zero-order chi connectivity index (χ0) is 17.1. The summed E-state index contributed by atoms with van der Waals surface area (Å²) in [7, 11) is 0. The van der Waals surface area contributed by atoms with E-state index in [-0.39, 0.29) is 18.2 Å². The monoisotopic (exact) mass is 341 g/mol. The van der Waals surface area contributed by atoms with Crippen molar-refractivity contribution in [3.8, 4) is 17.2 Å². The molecule has 2 N–H and O–H groups in total. The Labute approximate surface area is 147 Å². The molecular formula is C20H23NO4. The molecule has 1 aliphatic heterocycles. The van der Waals surface area contributed by atoms with Gasteiger partial charge in [-0.1, -0.05) is 30.3 Å². The van der Waals surface area contributed by atoms with Gasteiger partial charge >= 0.3 is 0 Å². The molecule has 5 nitrogen and oxygen atoms in total. The predicted octanol–water partition coefficient (Wildman–Crippen LogP) is 2.39. The Balaban J connectivity index is 1.28. The van der Waals surface area contributed by atoms with Crippen LogP contribution in [0.3, 0.4) is 0 Å². The van der Waals surface area contributed by atoms with Gasteiger partial charge in [0.1, 0.15) is 30.7 Å². The van der Waals surface area contributed by atoms with Crippen LogP contribution in [0.1, 0.15) is 12.8 Å². The van der Waals surface area contributed by atoms with E-state index in [9.17, 15) is 5.11 Å². The Hall–Kier alpha value is -2.24. The molecule has 2 aliphatic rings. The standard InChI is InChI=1S/C20H23NO4/c22-20-16(10-11-19(20)24-14-6-2-1-3-7-14)21-12-15-13-23-17-8-4-5-9-18(17)25-15/h1-9,15-16,19-22H,10-13H2/t15-,16+,19+,20+/m1/s1. The highest BCUT2D eigenvalue weighted by atomic mass is 16.6. The number of aliphatic hydroxyl groups is 1. The third-order valence-corrected chi connectivity index (χ3v) is 4.76. The fourth-order valence-corrected chi connectivity index (χ4v) is 3.42. The van der Waals surface area contributed by atoms with Gasteiger partial charge in [0.15, 0.2) is 11.5 Å². The highest BCUT2D eigenvalue weighted by Crippen LogP contribution is 2.31. The Morgan fingerprint density at radius 3 is 2.60 bits per heavy atom. The molecule has 0 unspecified atom stereocenters. The van der Waals surface area contributed by atoms with Crippen molar-refractivity contribution in [2.75, 3.05) is 13.2 Å². The van der Waals surface area contributed by atoms with Crippen molar-refractivity contribution in [1.82, 2.24) is 5.32 Å². The normalized spacial score (nSPS) is 27.9. The number of fused-ring (bicyclic) bond motifs is 1. The number of benzene rings is 2. The second kappa shape index (κ2) is 7.33. The Morgan fingerprint density at radius 2 is 1.76 bits per heavy atom. The Bertz CT molecular complexity index is 693. The van der Waals surface area contributed by atoms with Gasteiger partial charge in [0.25, 0.3) is 0 Å². The summed E-state index contributed by atoms with van der Waals surface area (Å²) in [5.41, 5.74) is 0. The summed E-state index contributed by atoms with van der Waals surface area (Å²) in [5.74, 6) is 2.36. The van der Waals surface area contributed by atoms with Gasteiger partial charge in [0.05, 0.1) is 0 Å². The Morgan fingerprint density at radius 1 is 1.00 bits per heavy atom. The summed E-state index contributed by atoms with van der Waals surface area (Å²) in [6.07, 6.45) is 0.943. The minimum atomic E-state index is -0.531. The van der Waals surface area contributed by atoms with Crippen LogP contribution in [0.25, 0.3) is 0 Å². The molecule has 132 valence electrons. The van der Waals surface area contributed by atoms with Gasteiger partial charge in [-0.15, -0.1) is 0 Å². The maximum Gasteiger partial charge on any atom is 0.161 e. The lowest BCUT2D eigenvalue weighted by molar-refractivity contribution is 0.0385. The van der Waals surface area contributed by atoms with Crippen LogP contribution in [0, 0.1) is 0 Å². The van der Waals surface area contributed by atoms with Crippen LogP contribution in [-0.4, -0.2) is 42.6 Å². The SMILES string of the molecule is O[C@H]1[C@@H](NC[C@@H]2COc3ccccc3O2)CC[C@@H]1Oc1ccccc1. The van der Waals surface area contributed by atoms with Gasteiger partial charge in [-0.05, 0) is 37.1 Å². The van der Waals surface area contributed by atoms with Crippen LogP contribution in [-0.2, 0) is 0 Å². The summed E-state index contributed by atoms with van der Waals surface area (Å²) >= 11 is 0. The summed E-state index contributed by atoms with van der Waals surface area (Å²) in [6.45, 7) is 1.14. The maximum absolute atomic E-state index is 10.5. The molecule has 25 heavy (non-hydrogen) atoms. The third-order valence-electron chi connectivity index (χ3n) is 4.76. The molecule has 1 heterocycles. The number of rotatable bonds is 5. The second-order valence-corrected chi connectivity index (χ2v) is 6.55. The van der Waals surface area contributed by atoms with Crippen LogP contribution in [0.5, 0.6) is 17.2 Å². The molecule has 0 radical (unpaired) electrons. The first-order valence-electron chi connectivity index (χ1n) is 8.81. The number of hydrogen-bond donors (Lipinski definition) is 2. The average Bonchev–Trinajstić information content (AvgIpc) is 3.00. The molecule has 0 aromatic heterocycles. The van der Waals surface area contributed by atoms with Gasteiger partial charge in [0, 0.05) is 12.6 Å². The Kier molecular flexibility index (Phi) is 4.76. The van der Waals surface area contributed by atoms with E-state index in [1.807, 2.05) is 54.6 Å². The number of para-hydroxylation sites is 3. The average molecular weight is 341 g/mol. The van der Waals surface area contributed by atoms with Crippen molar-refractivity contribution in [2.24, 2.45) is 0 Å². The van der Waals surface area contributed by atoms with Crippen LogP contribution in [0.4, 0.5) is 0 Å². The van der Waals surface area contributed by atoms with Crippen molar-refractivity contribution in [3.63, 3.8) is 0 Å². The lowest BCUT2D eigenvalue weighted by atomic mass is 10.2. The molecule has 0 saturated heterocycles. The molecule has 1 saturated carbocycles. The van der Waals surface area contributed by atoms with E-state index in [4.69, 9.17) is 14.2 Å². The second-order valence-electron chi connectivity index (χ2n) is 6.55.